The predicted octanol–water partition coefficient (Wildman–Crippen LogP) is 3.18. The number of carboxylic acids is 1. The number of ketones is 1. The molecule has 11 heteroatoms. The average Bonchev–Trinajstić information content (AvgIpc) is 2.79. The first-order valence-electron chi connectivity index (χ1n) is 10.1. The molecule has 0 radical (unpaired) electrons. The number of pyridine rings is 1. The molecule has 1 aliphatic rings. The third-order valence-corrected chi connectivity index (χ3v) is 4.93. The summed E-state index contributed by atoms with van der Waals surface area (Å²) >= 11 is 0. The first kappa shape index (κ1) is 25.9. The smallest absolute Gasteiger partial charge is 0.475 e. The number of benzene rings is 1. The Morgan fingerprint density at radius 2 is 1.67 bits per heavy atom. The van der Waals surface area contributed by atoms with Gasteiger partial charge >= 0.3 is 12.1 Å². The molecule has 1 aromatic heterocycles. The zero-order valence-electron chi connectivity index (χ0n) is 17.5. The normalized spacial score (nSPS) is 14.7. The van der Waals surface area contributed by atoms with Gasteiger partial charge in [0.25, 0.3) is 5.91 Å². The number of likely N-dealkylation sites (tertiary alicyclic amines) is 1. The maximum absolute atomic E-state index is 12.9. The van der Waals surface area contributed by atoms with Gasteiger partial charge in [-0.15, -0.1) is 0 Å². The van der Waals surface area contributed by atoms with Gasteiger partial charge in [-0.1, -0.05) is 6.07 Å². The van der Waals surface area contributed by atoms with Crippen LogP contribution in [0.2, 0.25) is 0 Å². The lowest BCUT2D eigenvalue weighted by Gasteiger charge is -2.31. The van der Waals surface area contributed by atoms with Crippen LogP contribution >= 0.6 is 0 Å². The van der Waals surface area contributed by atoms with Crippen molar-refractivity contribution in [1.29, 1.82) is 0 Å². The van der Waals surface area contributed by atoms with E-state index in [1.165, 1.54) is 24.3 Å². The third kappa shape index (κ3) is 8.97. The minimum atomic E-state index is -5.08. The molecule has 2 heterocycles. The molecule has 1 amide bonds. The van der Waals surface area contributed by atoms with Gasteiger partial charge < -0.3 is 10.4 Å². The van der Waals surface area contributed by atoms with Gasteiger partial charge in [0.05, 0.1) is 6.54 Å². The van der Waals surface area contributed by atoms with E-state index < -0.39 is 12.1 Å². The van der Waals surface area contributed by atoms with Crippen molar-refractivity contribution in [3.63, 3.8) is 0 Å². The Hall–Kier alpha value is -3.34. The van der Waals surface area contributed by atoms with E-state index in [4.69, 9.17) is 9.90 Å². The molecule has 33 heavy (non-hydrogen) atoms. The van der Waals surface area contributed by atoms with Crippen molar-refractivity contribution in [3.8, 4) is 0 Å². The van der Waals surface area contributed by atoms with Crippen molar-refractivity contribution in [1.82, 2.24) is 15.2 Å². The molecule has 0 saturated carbocycles. The van der Waals surface area contributed by atoms with Gasteiger partial charge in [0.1, 0.15) is 11.5 Å². The van der Waals surface area contributed by atoms with E-state index in [-0.39, 0.29) is 17.5 Å². The van der Waals surface area contributed by atoms with E-state index in [0.717, 1.165) is 25.9 Å². The number of alkyl halides is 3. The van der Waals surface area contributed by atoms with Crippen molar-refractivity contribution < 1.29 is 37.1 Å². The van der Waals surface area contributed by atoms with Crippen LogP contribution in [0.4, 0.5) is 17.6 Å². The van der Waals surface area contributed by atoms with Gasteiger partial charge in [-0.05, 0) is 68.2 Å². The number of nitrogens with zero attached hydrogens (tertiary/aromatic N) is 2. The fraction of sp³-hybridized carbons (Fsp3) is 0.364. The first-order valence-corrected chi connectivity index (χ1v) is 10.1. The largest absolute Gasteiger partial charge is 0.490 e. The number of carbonyl (C=O) groups excluding carboxylic acids is 2. The number of aromatic nitrogens is 1. The van der Waals surface area contributed by atoms with E-state index in [2.05, 4.69) is 15.2 Å². The molecule has 0 spiro atoms. The Kier molecular flexibility index (Phi) is 9.46. The molecule has 0 aliphatic carbocycles. The summed E-state index contributed by atoms with van der Waals surface area (Å²) < 4.78 is 44.7. The molecular weight excluding hydrogens is 446 g/mol. The maximum atomic E-state index is 12.9. The summed E-state index contributed by atoms with van der Waals surface area (Å²) in [4.78, 5) is 39.3. The summed E-state index contributed by atoms with van der Waals surface area (Å²) in [7, 11) is 0. The number of hydrogen-bond acceptors (Lipinski definition) is 5. The fourth-order valence-corrected chi connectivity index (χ4v) is 3.10. The molecule has 1 aliphatic heterocycles. The van der Waals surface area contributed by atoms with Gasteiger partial charge in [-0.3, -0.25) is 19.5 Å². The van der Waals surface area contributed by atoms with Crippen LogP contribution in [-0.4, -0.2) is 65.0 Å². The molecule has 3 rings (SSSR count). The summed E-state index contributed by atoms with van der Waals surface area (Å²) in [6.07, 6.45) is -1.62. The number of amides is 1. The summed E-state index contributed by atoms with van der Waals surface area (Å²) in [6, 6.07) is 10.9. The van der Waals surface area contributed by atoms with Crippen molar-refractivity contribution in [2.45, 2.75) is 19.0 Å². The summed E-state index contributed by atoms with van der Waals surface area (Å²) in [6.45, 7) is 2.60. The first-order chi connectivity index (χ1) is 15.6. The zero-order chi connectivity index (χ0) is 24.4. The van der Waals surface area contributed by atoms with Crippen LogP contribution in [-0.2, 0) is 4.79 Å². The maximum Gasteiger partial charge on any atom is 0.490 e. The van der Waals surface area contributed by atoms with Gasteiger partial charge in [-0.2, -0.15) is 13.2 Å². The van der Waals surface area contributed by atoms with Crippen molar-refractivity contribution >= 4 is 17.7 Å². The number of aliphatic carboxylic acids is 1. The van der Waals surface area contributed by atoms with Crippen molar-refractivity contribution in [2.75, 3.05) is 26.2 Å². The lowest BCUT2D eigenvalue weighted by Crippen LogP contribution is -2.40. The van der Waals surface area contributed by atoms with Gasteiger partial charge in [0.2, 0.25) is 0 Å². The fourth-order valence-electron chi connectivity index (χ4n) is 3.10. The third-order valence-electron chi connectivity index (χ3n) is 4.93. The van der Waals surface area contributed by atoms with Gasteiger partial charge in [0.15, 0.2) is 5.78 Å². The van der Waals surface area contributed by atoms with Crippen LogP contribution in [0.3, 0.4) is 0 Å². The molecule has 7 nitrogen and oxygen atoms in total. The standard InChI is InChI=1S/C20H22FN3O2.C2HF3O2/c21-17-6-4-16(5-7-17)19(25)14-24-11-8-15(9-12-24)13-23-20(26)18-3-1-2-10-22-18;3-2(4,5)1(6)7/h1-7,10,15H,8-9,11-14H2,(H,23,26);(H,6,7). The highest BCUT2D eigenvalue weighted by molar-refractivity contribution is 5.97. The summed E-state index contributed by atoms with van der Waals surface area (Å²) in [5.41, 5.74) is 0.964. The summed E-state index contributed by atoms with van der Waals surface area (Å²) in [5.74, 6) is -2.84. The monoisotopic (exact) mass is 469 g/mol. The summed E-state index contributed by atoms with van der Waals surface area (Å²) in [5, 5.41) is 10.1. The number of Topliss-reactive ketones (excluding diaryl/α,β-unsaturated/α-hetero) is 1. The Morgan fingerprint density at radius 3 is 2.18 bits per heavy atom. The number of piperidine rings is 1. The predicted molar refractivity (Wildman–Crippen MR) is 110 cm³/mol. The van der Waals surface area contributed by atoms with Crippen LogP contribution in [0.15, 0.2) is 48.7 Å². The highest BCUT2D eigenvalue weighted by Crippen LogP contribution is 2.17. The van der Waals surface area contributed by atoms with Crippen LogP contribution in [0.25, 0.3) is 0 Å². The van der Waals surface area contributed by atoms with E-state index in [9.17, 15) is 27.2 Å². The van der Waals surface area contributed by atoms with Gasteiger partial charge in [0, 0.05) is 18.3 Å². The highest BCUT2D eigenvalue weighted by atomic mass is 19.4. The van der Waals surface area contributed by atoms with E-state index in [1.54, 1.807) is 24.4 Å². The van der Waals surface area contributed by atoms with Crippen LogP contribution in [0.5, 0.6) is 0 Å². The molecule has 1 aromatic carbocycles. The molecule has 0 unspecified atom stereocenters. The molecule has 178 valence electrons. The number of halogens is 4. The quantitative estimate of drug-likeness (QED) is 0.498. The van der Waals surface area contributed by atoms with Gasteiger partial charge in [-0.25, -0.2) is 9.18 Å². The molecule has 1 fully saturated rings. The number of hydrogen-bond donors (Lipinski definition) is 2. The molecule has 2 aromatic rings. The molecule has 2 N–H and O–H groups in total. The Balaban J connectivity index is 0.000000479. The number of rotatable bonds is 6. The lowest BCUT2D eigenvalue weighted by atomic mass is 9.96. The zero-order valence-corrected chi connectivity index (χ0v) is 17.5. The number of carboxylic acid groups (broad SMARTS) is 1. The highest BCUT2D eigenvalue weighted by Gasteiger charge is 2.38. The minimum absolute atomic E-state index is 0.00639. The van der Waals surface area contributed by atoms with Crippen LogP contribution in [0, 0.1) is 11.7 Å². The van der Waals surface area contributed by atoms with Crippen molar-refractivity contribution in [3.05, 3.63) is 65.7 Å². The second-order valence-electron chi connectivity index (χ2n) is 7.38. The number of nitrogens with one attached hydrogen (secondary N) is 1. The lowest BCUT2D eigenvalue weighted by molar-refractivity contribution is -0.192. The van der Waals surface area contributed by atoms with E-state index >= 15 is 0 Å². The van der Waals surface area contributed by atoms with E-state index in [1.807, 2.05) is 0 Å². The van der Waals surface area contributed by atoms with E-state index in [0.29, 0.717) is 30.3 Å². The molecule has 0 bridgehead atoms. The SMILES string of the molecule is O=C(CN1CCC(CNC(=O)c2ccccn2)CC1)c1ccc(F)cc1.O=C(O)C(F)(F)F. The Bertz CT molecular complexity index is 929. The number of carbonyl (C=O) groups is 3. The Morgan fingerprint density at radius 1 is 1.06 bits per heavy atom. The van der Waals surface area contributed by atoms with Crippen LogP contribution in [0.1, 0.15) is 33.7 Å². The Labute approximate surface area is 187 Å². The second-order valence-corrected chi connectivity index (χ2v) is 7.38. The van der Waals surface area contributed by atoms with Crippen molar-refractivity contribution in [2.24, 2.45) is 5.92 Å². The minimum Gasteiger partial charge on any atom is -0.475 e. The molecule has 0 atom stereocenters. The van der Waals surface area contributed by atoms with Crippen LogP contribution < -0.4 is 5.32 Å². The second kappa shape index (κ2) is 12.0. The molecule has 1 saturated heterocycles. The average molecular weight is 469 g/mol. The molecular formula is C22H23F4N3O4. The topological polar surface area (TPSA) is 99.6 Å².